The second-order valence-electron chi connectivity index (χ2n) is 5.80. The Labute approximate surface area is 119 Å². The van der Waals surface area contributed by atoms with Gasteiger partial charge in [0.25, 0.3) is 0 Å². The Balaban J connectivity index is 1.70. The molecule has 1 aromatic rings. The molecule has 20 heavy (non-hydrogen) atoms. The second-order valence-corrected chi connectivity index (χ2v) is 5.80. The fraction of sp³-hybridized carbons (Fsp3) is 0.800. The van der Waals surface area contributed by atoms with Crippen molar-refractivity contribution in [1.82, 2.24) is 9.88 Å². The number of aromatic nitrogens is 1. The van der Waals surface area contributed by atoms with Gasteiger partial charge in [0.2, 0.25) is 0 Å². The highest BCUT2D eigenvalue weighted by Gasteiger charge is 2.24. The van der Waals surface area contributed by atoms with E-state index in [0.717, 1.165) is 44.4 Å². The fourth-order valence-corrected chi connectivity index (χ4v) is 3.15. The Kier molecular flexibility index (Phi) is 4.70. The molecule has 0 aromatic carbocycles. The molecule has 1 N–H and O–H groups in total. The summed E-state index contributed by atoms with van der Waals surface area (Å²) >= 11 is 0. The Morgan fingerprint density at radius 3 is 2.60 bits per heavy atom. The highest BCUT2D eigenvalue weighted by molar-refractivity contribution is 5.12. The van der Waals surface area contributed by atoms with Crippen molar-refractivity contribution in [3.8, 4) is 0 Å². The minimum absolute atomic E-state index is 0.0562. The van der Waals surface area contributed by atoms with Crippen molar-refractivity contribution >= 4 is 0 Å². The van der Waals surface area contributed by atoms with Crippen LogP contribution in [0.25, 0.3) is 0 Å². The van der Waals surface area contributed by atoms with Crippen LogP contribution >= 0.6 is 0 Å². The summed E-state index contributed by atoms with van der Waals surface area (Å²) in [5, 5.41) is 9.48. The van der Waals surface area contributed by atoms with Crippen LogP contribution in [0, 0.1) is 0 Å². The monoisotopic (exact) mass is 280 g/mol. The van der Waals surface area contributed by atoms with Crippen LogP contribution in [0.5, 0.6) is 0 Å². The molecule has 1 aromatic heterocycles. The van der Waals surface area contributed by atoms with Crippen LogP contribution in [0.2, 0.25) is 0 Å². The Hall–Kier alpha value is -0.910. The van der Waals surface area contributed by atoms with E-state index in [4.69, 9.17) is 9.15 Å². The lowest BCUT2D eigenvalue weighted by Gasteiger charge is -2.25. The number of hydrogen-bond donors (Lipinski definition) is 1. The molecule has 2 aliphatic rings. The number of oxazole rings is 1. The van der Waals surface area contributed by atoms with Gasteiger partial charge >= 0.3 is 0 Å². The van der Waals surface area contributed by atoms with Crippen molar-refractivity contribution < 1.29 is 14.3 Å². The van der Waals surface area contributed by atoms with E-state index >= 15 is 0 Å². The minimum Gasteiger partial charge on any atom is -0.443 e. The maximum Gasteiger partial charge on any atom is 0.197 e. The summed E-state index contributed by atoms with van der Waals surface area (Å²) in [6, 6.07) is 0. The number of morpholine rings is 1. The Morgan fingerprint density at radius 2 is 1.90 bits per heavy atom. The molecule has 1 aliphatic carbocycles. The van der Waals surface area contributed by atoms with Gasteiger partial charge in [-0.05, 0) is 12.8 Å². The van der Waals surface area contributed by atoms with E-state index in [1.165, 1.54) is 32.1 Å². The molecule has 0 spiro atoms. The van der Waals surface area contributed by atoms with Crippen molar-refractivity contribution in [1.29, 1.82) is 0 Å². The maximum absolute atomic E-state index is 9.48. The van der Waals surface area contributed by atoms with Crippen LogP contribution in [-0.2, 0) is 17.9 Å². The summed E-state index contributed by atoms with van der Waals surface area (Å²) in [5.41, 5.74) is 0.912. The molecule has 0 amide bonds. The smallest absolute Gasteiger partial charge is 0.197 e. The molecular formula is C15H24N2O3. The average molecular weight is 280 g/mol. The third kappa shape index (κ3) is 3.22. The summed E-state index contributed by atoms with van der Waals surface area (Å²) in [4.78, 5) is 7.00. The largest absolute Gasteiger partial charge is 0.443 e. The molecule has 3 rings (SSSR count). The van der Waals surface area contributed by atoms with Gasteiger partial charge in [-0.3, -0.25) is 4.90 Å². The number of rotatable bonds is 4. The maximum atomic E-state index is 9.48. The Morgan fingerprint density at radius 1 is 1.15 bits per heavy atom. The molecule has 0 unspecified atom stereocenters. The molecule has 5 heteroatoms. The topological polar surface area (TPSA) is 58.7 Å². The lowest BCUT2D eigenvalue weighted by Crippen LogP contribution is -2.36. The van der Waals surface area contributed by atoms with Gasteiger partial charge in [0.05, 0.1) is 18.9 Å². The van der Waals surface area contributed by atoms with Gasteiger partial charge in [-0.15, -0.1) is 0 Å². The van der Waals surface area contributed by atoms with Gasteiger partial charge in [-0.25, -0.2) is 4.98 Å². The van der Waals surface area contributed by atoms with E-state index in [-0.39, 0.29) is 6.61 Å². The minimum atomic E-state index is -0.0562. The number of hydrogen-bond acceptors (Lipinski definition) is 5. The SMILES string of the molecule is OCc1oc(C2CCCCC2)nc1CN1CCOCC1. The summed E-state index contributed by atoms with van der Waals surface area (Å²) < 4.78 is 11.2. The van der Waals surface area contributed by atoms with Gasteiger partial charge < -0.3 is 14.3 Å². The highest BCUT2D eigenvalue weighted by atomic mass is 16.5. The quantitative estimate of drug-likeness (QED) is 0.914. The first-order valence-corrected chi connectivity index (χ1v) is 7.76. The standard InChI is InChI=1S/C15H24N2O3/c18-11-14-13(10-17-6-8-19-9-7-17)16-15(20-14)12-4-2-1-3-5-12/h12,18H,1-11H2. The van der Waals surface area contributed by atoms with Gasteiger partial charge in [-0.1, -0.05) is 19.3 Å². The van der Waals surface area contributed by atoms with Crippen LogP contribution in [-0.4, -0.2) is 41.3 Å². The first-order valence-electron chi connectivity index (χ1n) is 7.76. The number of aliphatic hydroxyl groups excluding tert-OH is 1. The molecule has 2 fully saturated rings. The number of nitrogens with zero attached hydrogens (tertiary/aromatic N) is 2. The zero-order valence-electron chi connectivity index (χ0n) is 12.0. The molecule has 1 aliphatic heterocycles. The molecule has 1 saturated carbocycles. The Bertz CT molecular complexity index is 421. The first-order chi connectivity index (χ1) is 9.86. The fourth-order valence-electron chi connectivity index (χ4n) is 3.15. The lowest BCUT2D eigenvalue weighted by atomic mass is 9.89. The number of aliphatic hydroxyl groups is 1. The lowest BCUT2D eigenvalue weighted by molar-refractivity contribution is 0.0333. The van der Waals surface area contributed by atoms with Crippen LogP contribution in [0.4, 0.5) is 0 Å². The van der Waals surface area contributed by atoms with Crippen molar-refractivity contribution in [2.24, 2.45) is 0 Å². The predicted octanol–water partition coefficient (Wildman–Crippen LogP) is 2.05. The third-order valence-corrected chi connectivity index (χ3v) is 4.37. The van der Waals surface area contributed by atoms with E-state index in [2.05, 4.69) is 9.88 Å². The van der Waals surface area contributed by atoms with E-state index in [1.807, 2.05) is 0 Å². The third-order valence-electron chi connectivity index (χ3n) is 4.37. The van der Waals surface area contributed by atoms with Crippen molar-refractivity contribution in [2.75, 3.05) is 26.3 Å². The molecule has 0 atom stereocenters. The van der Waals surface area contributed by atoms with Crippen molar-refractivity contribution in [2.45, 2.75) is 51.2 Å². The van der Waals surface area contributed by atoms with Crippen LogP contribution in [0.15, 0.2) is 4.42 Å². The summed E-state index contributed by atoms with van der Waals surface area (Å²) in [6.45, 7) is 4.12. The van der Waals surface area contributed by atoms with E-state index < -0.39 is 0 Å². The normalized spacial score (nSPS) is 22.2. The van der Waals surface area contributed by atoms with E-state index in [0.29, 0.717) is 11.7 Å². The zero-order valence-corrected chi connectivity index (χ0v) is 12.0. The van der Waals surface area contributed by atoms with Gasteiger partial charge in [0.15, 0.2) is 11.7 Å². The van der Waals surface area contributed by atoms with Crippen LogP contribution < -0.4 is 0 Å². The summed E-state index contributed by atoms with van der Waals surface area (Å²) in [6.07, 6.45) is 6.19. The van der Waals surface area contributed by atoms with E-state index in [1.54, 1.807) is 0 Å². The van der Waals surface area contributed by atoms with Crippen molar-refractivity contribution in [3.63, 3.8) is 0 Å². The van der Waals surface area contributed by atoms with Gasteiger partial charge in [0, 0.05) is 25.6 Å². The van der Waals surface area contributed by atoms with E-state index in [9.17, 15) is 5.11 Å². The molecule has 112 valence electrons. The highest BCUT2D eigenvalue weighted by Crippen LogP contribution is 2.33. The molecule has 2 heterocycles. The average Bonchev–Trinajstić information content (AvgIpc) is 2.92. The van der Waals surface area contributed by atoms with Crippen LogP contribution in [0.3, 0.4) is 0 Å². The molecule has 5 nitrogen and oxygen atoms in total. The summed E-state index contributed by atoms with van der Waals surface area (Å²) in [7, 11) is 0. The van der Waals surface area contributed by atoms with Crippen LogP contribution in [0.1, 0.15) is 55.4 Å². The molecular weight excluding hydrogens is 256 g/mol. The second kappa shape index (κ2) is 6.70. The molecule has 1 saturated heterocycles. The number of ether oxygens (including phenoxy) is 1. The first kappa shape index (κ1) is 14.0. The molecule has 0 bridgehead atoms. The van der Waals surface area contributed by atoms with Gasteiger partial charge in [-0.2, -0.15) is 0 Å². The van der Waals surface area contributed by atoms with Crippen molar-refractivity contribution in [3.05, 3.63) is 17.3 Å². The molecule has 0 radical (unpaired) electrons. The summed E-state index contributed by atoms with van der Waals surface area (Å²) in [5.74, 6) is 1.95. The zero-order chi connectivity index (χ0) is 13.8. The van der Waals surface area contributed by atoms with Gasteiger partial charge in [0.1, 0.15) is 6.61 Å². The predicted molar refractivity (Wildman–Crippen MR) is 74.3 cm³/mol.